The Bertz CT molecular complexity index is 416. The van der Waals surface area contributed by atoms with Gasteiger partial charge < -0.3 is 5.32 Å². The summed E-state index contributed by atoms with van der Waals surface area (Å²) in [6.07, 6.45) is 0.927. The van der Waals surface area contributed by atoms with E-state index in [4.69, 9.17) is 0 Å². The first-order valence-electron chi connectivity index (χ1n) is 5.69. The van der Waals surface area contributed by atoms with Crippen molar-refractivity contribution in [1.82, 2.24) is 15.1 Å². The lowest BCUT2D eigenvalue weighted by atomic mass is 10.1. The first-order valence-corrected chi connectivity index (χ1v) is 6.85. The van der Waals surface area contributed by atoms with E-state index in [0.29, 0.717) is 0 Å². The van der Waals surface area contributed by atoms with Crippen LogP contribution >= 0.6 is 11.8 Å². The number of nitrogens with one attached hydrogen (secondary N) is 1. The van der Waals surface area contributed by atoms with E-state index in [1.54, 1.807) is 10.7 Å². The number of rotatable bonds is 4. The molecule has 2 rings (SSSR count). The lowest BCUT2D eigenvalue weighted by Crippen LogP contribution is -2.32. The van der Waals surface area contributed by atoms with Crippen molar-refractivity contribution in [3.05, 3.63) is 27.7 Å². The van der Waals surface area contributed by atoms with Crippen molar-refractivity contribution in [2.45, 2.75) is 26.4 Å². The molecule has 0 radical (unpaired) electrons. The molecule has 1 aliphatic rings. The Hall–Kier alpha value is -0.810. The third kappa shape index (κ3) is 2.65. The van der Waals surface area contributed by atoms with Crippen LogP contribution in [0.15, 0.2) is 10.9 Å². The average Bonchev–Trinajstić information content (AvgIpc) is 2.30. The summed E-state index contributed by atoms with van der Waals surface area (Å²) in [5.74, 6) is 2.05. The zero-order valence-corrected chi connectivity index (χ0v) is 10.3. The molecule has 0 atom stereocenters. The molecule has 0 saturated carbocycles. The second-order valence-corrected chi connectivity index (χ2v) is 5.20. The lowest BCUT2D eigenvalue weighted by molar-refractivity contribution is 0.555. The normalized spacial score (nSPS) is 14.8. The Balaban J connectivity index is 2.16. The summed E-state index contributed by atoms with van der Waals surface area (Å²) in [4.78, 5) is 11.7. The fourth-order valence-corrected chi connectivity index (χ4v) is 2.41. The second kappa shape index (κ2) is 5.50. The summed E-state index contributed by atoms with van der Waals surface area (Å²) in [5, 5.41) is 7.68. The molecule has 0 bridgehead atoms. The van der Waals surface area contributed by atoms with E-state index in [2.05, 4.69) is 17.3 Å². The highest BCUT2D eigenvalue weighted by molar-refractivity contribution is 7.99. The van der Waals surface area contributed by atoms with E-state index >= 15 is 0 Å². The number of thioether (sulfide) groups is 1. The number of hydrogen-bond donors (Lipinski definition) is 1. The predicted molar refractivity (Wildman–Crippen MR) is 66.9 cm³/mol. The maximum atomic E-state index is 11.7. The molecule has 1 N–H and O–H groups in total. The summed E-state index contributed by atoms with van der Waals surface area (Å²) in [7, 11) is 0. The van der Waals surface area contributed by atoms with Gasteiger partial charge in [-0.2, -0.15) is 16.9 Å². The van der Waals surface area contributed by atoms with E-state index < -0.39 is 0 Å². The predicted octanol–water partition coefficient (Wildman–Crippen LogP) is 0.642. The fourth-order valence-electron chi connectivity index (χ4n) is 1.82. The minimum Gasteiger partial charge on any atom is -0.312 e. The van der Waals surface area contributed by atoms with E-state index in [9.17, 15) is 4.79 Å². The van der Waals surface area contributed by atoms with E-state index in [1.807, 2.05) is 11.8 Å². The van der Waals surface area contributed by atoms with Gasteiger partial charge in [0.15, 0.2) is 0 Å². The van der Waals surface area contributed by atoms with Crippen LogP contribution in [0.25, 0.3) is 0 Å². The van der Waals surface area contributed by atoms with Crippen LogP contribution in [0.4, 0.5) is 0 Å². The number of aryl methyl sites for hydroxylation is 1. The van der Waals surface area contributed by atoms with Crippen molar-refractivity contribution in [1.29, 1.82) is 0 Å². The summed E-state index contributed by atoms with van der Waals surface area (Å²) in [5.41, 5.74) is 2.18. The molecule has 0 fully saturated rings. The molecule has 0 saturated heterocycles. The quantitative estimate of drug-likeness (QED) is 0.783. The number of nitrogens with zero attached hydrogens (tertiary/aromatic N) is 2. The summed E-state index contributed by atoms with van der Waals surface area (Å²) >= 11 is 1.84. The molecular formula is C11H17N3OS. The van der Waals surface area contributed by atoms with Crippen LogP contribution in [0.5, 0.6) is 0 Å². The van der Waals surface area contributed by atoms with Crippen LogP contribution in [0, 0.1) is 0 Å². The van der Waals surface area contributed by atoms with Crippen LogP contribution in [-0.4, -0.2) is 27.8 Å². The van der Waals surface area contributed by atoms with Crippen molar-refractivity contribution >= 4 is 11.8 Å². The molecule has 1 aromatic rings. The van der Waals surface area contributed by atoms with Crippen LogP contribution in [0.1, 0.15) is 18.2 Å². The lowest BCUT2D eigenvalue weighted by Gasteiger charge is -2.16. The number of hydrogen-bond acceptors (Lipinski definition) is 4. The third-order valence-electron chi connectivity index (χ3n) is 2.67. The van der Waals surface area contributed by atoms with E-state index in [0.717, 1.165) is 48.8 Å². The van der Waals surface area contributed by atoms with Gasteiger partial charge in [0.05, 0.1) is 12.2 Å². The average molecular weight is 239 g/mol. The molecular weight excluding hydrogens is 222 g/mol. The van der Waals surface area contributed by atoms with Gasteiger partial charge in [-0.15, -0.1) is 0 Å². The highest BCUT2D eigenvalue weighted by Gasteiger charge is 2.12. The van der Waals surface area contributed by atoms with Crippen molar-refractivity contribution < 1.29 is 0 Å². The van der Waals surface area contributed by atoms with Crippen LogP contribution in [-0.2, 0) is 19.5 Å². The fraction of sp³-hybridized carbons (Fsp3) is 0.636. The first-order chi connectivity index (χ1) is 7.81. The summed E-state index contributed by atoms with van der Waals surface area (Å²) < 4.78 is 1.60. The largest absolute Gasteiger partial charge is 0.312 e. The van der Waals surface area contributed by atoms with Gasteiger partial charge in [-0.1, -0.05) is 6.92 Å². The van der Waals surface area contributed by atoms with Gasteiger partial charge in [0.2, 0.25) is 0 Å². The number of aromatic nitrogens is 2. The number of fused-ring (bicyclic) bond motifs is 1. The van der Waals surface area contributed by atoms with Gasteiger partial charge >= 0.3 is 0 Å². The van der Waals surface area contributed by atoms with Gasteiger partial charge in [0.1, 0.15) is 0 Å². The van der Waals surface area contributed by atoms with Crippen molar-refractivity contribution in [2.75, 3.05) is 18.1 Å². The first kappa shape index (κ1) is 11.7. The zero-order chi connectivity index (χ0) is 11.4. The molecule has 1 aliphatic heterocycles. The molecule has 88 valence electrons. The van der Waals surface area contributed by atoms with Gasteiger partial charge in [-0.3, -0.25) is 4.79 Å². The van der Waals surface area contributed by atoms with Crippen molar-refractivity contribution in [3.8, 4) is 0 Å². The van der Waals surface area contributed by atoms with Gasteiger partial charge in [-0.05, 0) is 11.3 Å². The monoisotopic (exact) mass is 239 g/mol. The SMILES string of the molecule is CCSCCn1nc2c(cc1=O)CNCC2. The molecule has 2 heterocycles. The van der Waals surface area contributed by atoms with Gasteiger partial charge in [0.25, 0.3) is 5.56 Å². The standard InChI is InChI=1S/C11H17N3OS/c1-2-16-6-5-14-11(15)7-9-8-12-4-3-10(9)13-14/h7,12H,2-6,8H2,1H3. The Morgan fingerprint density at radius 2 is 2.50 bits per heavy atom. The Morgan fingerprint density at radius 3 is 3.31 bits per heavy atom. The maximum Gasteiger partial charge on any atom is 0.267 e. The topological polar surface area (TPSA) is 46.9 Å². The van der Waals surface area contributed by atoms with Crippen LogP contribution < -0.4 is 10.9 Å². The smallest absolute Gasteiger partial charge is 0.267 e. The second-order valence-electron chi connectivity index (χ2n) is 3.80. The van der Waals surface area contributed by atoms with Crippen molar-refractivity contribution in [3.63, 3.8) is 0 Å². The Labute approximate surface area is 99.4 Å². The van der Waals surface area contributed by atoms with Gasteiger partial charge in [0, 0.05) is 31.3 Å². The molecule has 0 spiro atoms. The molecule has 4 nitrogen and oxygen atoms in total. The summed E-state index contributed by atoms with van der Waals surface area (Å²) in [6.45, 7) is 4.58. The Kier molecular flexibility index (Phi) is 4.01. The molecule has 0 aliphatic carbocycles. The highest BCUT2D eigenvalue weighted by Crippen LogP contribution is 2.08. The minimum atomic E-state index is 0.0270. The summed E-state index contributed by atoms with van der Waals surface area (Å²) in [6, 6.07) is 1.73. The van der Waals surface area contributed by atoms with E-state index in [1.165, 1.54) is 0 Å². The molecule has 0 unspecified atom stereocenters. The maximum absolute atomic E-state index is 11.7. The van der Waals surface area contributed by atoms with E-state index in [-0.39, 0.29) is 5.56 Å². The molecule has 1 aromatic heterocycles. The van der Waals surface area contributed by atoms with Gasteiger partial charge in [-0.25, -0.2) is 4.68 Å². The third-order valence-corrected chi connectivity index (χ3v) is 3.55. The Morgan fingerprint density at radius 1 is 1.62 bits per heavy atom. The van der Waals surface area contributed by atoms with Crippen LogP contribution in [0.3, 0.4) is 0 Å². The molecule has 5 heteroatoms. The zero-order valence-electron chi connectivity index (χ0n) is 9.53. The minimum absolute atomic E-state index is 0.0270. The van der Waals surface area contributed by atoms with Crippen LogP contribution in [0.2, 0.25) is 0 Å². The molecule has 0 amide bonds. The van der Waals surface area contributed by atoms with Crippen molar-refractivity contribution in [2.24, 2.45) is 0 Å². The molecule has 16 heavy (non-hydrogen) atoms. The highest BCUT2D eigenvalue weighted by atomic mass is 32.2. The molecule has 0 aromatic carbocycles.